The highest BCUT2D eigenvalue weighted by Crippen LogP contribution is 2.13. The molecule has 0 unspecified atom stereocenters. The molecule has 2 aromatic carbocycles. The minimum Gasteiger partial charge on any atom is -0.489 e. The van der Waals surface area contributed by atoms with Crippen LogP contribution in [0.1, 0.15) is 11.1 Å². The fourth-order valence-electron chi connectivity index (χ4n) is 1.64. The Kier molecular flexibility index (Phi) is 4.02. The average Bonchev–Trinajstić information content (AvgIpc) is 2.38. The Bertz CT molecular complexity index is 509. The molecular formula is C14H15BO3. The van der Waals surface area contributed by atoms with Gasteiger partial charge < -0.3 is 14.8 Å². The maximum Gasteiger partial charge on any atom is 0.488 e. The minimum absolute atomic E-state index is 0.406. The van der Waals surface area contributed by atoms with Crippen LogP contribution in [0.3, 0.4) is 0 Å². The van der Waals surface area contributed by atoms with Gasteiger partial charge in [0.2, 0.25) is 0 Å². The van der Waals surface area contributed by atoms with Gasteiger partial charge >= 0.3 is 7.12 Å². The van der Waals surface area contributed by atoms with Gasteiger partial charge in [-0.3, -0.25) is 0 Å². The van der Waals surface area contributed by atoms with Crippen molar-refractivity contribution < 1.29 is 14.8 Å². The SMILES string of the molecule is Cc1ccc(OCc2cccc(B(O)O)c2)cc1. The Morgan fingerprint density at radius 3 is 2.44 bits per heavy atom. The van der Waals surface area contributed by atoms with E-state index in [1.54, 1.807) is 18.2 Å². The van der Waals surface area contributed by atoms with Crippen LogP contribution in [0.4, 0.5) is 0 Å². The smallest absolute Gasteiger partial charge is 0.488 e. The second-order valence-corrected chi connectivity index (χ2v) is 4.22. The van der Waals surface area contributed by atoms with E-state index in [0.717, 1.165) is 11.3 Å². The maximum atomic E-state index is 9.08. The zero-order valence-electron chi connectivity index (χ0n) is 10.2. The number of hydrogen-bond acceptors (Lipinski definition) is 3. The molecule has 0 amide bonds. The summed E-state index contributed by atoms with van der Waals surface area (Å²) < 4.78 is 5.62. The second-order valence-electron chi connectivity index (χ2n) is 4.22. The Morgan fingerprint density at radius 2 is 1.78 bits per heavy atom. The van der Waals surface area contributed by atoms with Crippen LogP contribution in [0.25, 0.3) is 0 Å². The normalized spacial score (nSPS) is 10.2. The second kappa shape index (κ2) is 5.71. The Hall–Kier alpha value is -1.78. The van der Waals surface area contributed by atoms with Crippen LogP contribution in [-0.4, -0.2) is 17.2 Å². The molecule has 18 heavy (non-hydrogen) atoms. The van der Waals surface area contributed by atoms with Gasteiger partial charge in [-0.15, -0.1) is 0 Å². The van der Waals surface area contributed by atoms with E-state index in [1.807, 2.05) is 37.3 Å². The van der Waals surface area contributed by atoms with Crippen molar-refractivity contribution >= 4 is 12.6 Å². The highest BCUT2D eigenvalue weighted by Gasteiger charge is 2.10. The number of benzene rings is 2. The first-order valence-electron chi connectivity index (χ1n) is 5.79. The van der Waals surface area contributed by atoms with Gasteiger partial charge in [-0.25, -0.2) is 0 Å². The van der Waals surface area contributed by atoms with E-state index in [0.29, 0.717) is 12.1 Å². The zero-order chi connectivity index (χ0) is 13.0. The molecule has 0 saturated carbocycles. The standard InChI is InChI=1S/C14H15BO3/c1-11-5-7-14(8-6-11)18-10-12-3-2-4-13(9-12)15(16)17/h2-9,16-17H,10H2,1H3. The molecule has 0 spiro atoms. The molecule has 0 bridgehead atoms. The van der Waals surface area contributed by atoms with Gasteiger partial charge in [0.25, 0.3) is 0 Å². The summed E-state index contributed by atoms with van der Waals surface area (Å²) in [6.45, 7) is 2.43. The Labute approximate surface area is 107 Å². The maximum absolute atomic E-state index is 9.08. The molecule has 4 heteroatoms. The zero-order valence-corrected chi connectivity index (χ0v) is 10.2. The van der Waals surface area contributed by atoms with Crippen molar-refractivity contribution in [2.45, 2.75) is 13.5 Å². The largest absolute Gasteiger partial charge is 0.489 e. The topological polar surface area (TPSA) is 49.7 Å². The molecule has 0 heterocycles. The number of aryl methyl sites for hydroxylation is 1. The first-order valence-corrected chi connectivity index (χ1v) is 5.79. The lowest BCUT2D eigenvalue weighted by molar-refractivity contribution is 0.306. The summed E-state index contributed by atoms with van der Waals surface area (Å²) in [5.41, 5.74) is 2.56. The quantitative estimate of drug-likeness (QED) is 0.793. The van der Waals surface area contributed by atoms with Gasteiger partial charge in [-0.2, -0.15) is 0 Å². The molecule has 2 rings (SSSR count). The molecule has 0 aliphatic carbocycles. The lowest BCUT2D eigenvalue weighted by atomic mass is 9.80. The van der Waals surface area contributed by atoms with Crippen molar-refractivity contribution in [3.63, 3.8) is 0 Å². The van der Waals surface area contributed by atoms with Crippen LogP contribution in [0, 0.1) is 6.92 Å². The van der Waals surface area contributed by atoms with Crippen LogP contribution in [0.5, 0.6) is 5.75 Å². The first kappa shape index (κ1) is 12.7. The van der Waals surface area contributed by atoms with Gasteiger partial charge in [-0.1, -0.05) is 42.0 Å². The molecule has 92 valence electrons. The van der Waals surface area contributed by atoms with Gasteiger partial charge in [0.05, 0.1) is 0 Å². The van der Waals surface area contributed by atoms with Crippen molar-refractivity contribution in [1.29, 1.82) is 0 Å². The lowest BCUT2D eigenvalue weighted by Gasteiger charge is -2.08. The van der Waals surface area contributed by atoms with Crippen molar-refractivity contribution in [2.75, 3.05) is 0 Å². The molecule has 3 nitrogen and oxygen atoms in total. The van der Waals surface area contributed by atoms with Gasteiger partial charge in [-0.05, 0) is 30.1 Å². The summed E-state index contributed by atoms with van der Waals surface area (Å²) in [5.74, 6) is 0.801. The molecule has 2 aromatic rings. The summed E-state index contributed by atoms with van der Waals surface area (Å²) in [6, 6.07) is 14.9. The van der Waals surface area contributed by atoms with E-state index < -0.39 is 7.12 Å². The molecule has 0 saturated heterocycles. The fraction of sp³-hybridized carbons (Fsp3) is 0.143. The Morgan fingerprint density at radius 1 is 1.06 bits per heavy atom. The monoisotopic (exact) mass is 242 g/mol. The molecule has 0 fully saturated rings. The molecule has 0 radical (unpaired) electrons. The van der Waals surface area contributed by atoms with E-state index in [1.165, 1.54) is 5.56 Å². The molecule has 2 N–H and O–H groups in total. The third-order valence-electron chi connectivity index (χ3n) is 2.68. The molecule has 0 aromatic heterocycles. The number of hydrogen-bond donors (Lipinski definition) is 2. The van der Waals surface area contributed by atoms with Crippen LogP contribution in [0.15, 0.2) is 48.5 Å². The average molecular weight is 242 g/mol. The van der Waals surface area contributed by atoms with Crippen LogP contribution in [-0.2, 0) is 6.61 Å². The van der Waals surface area contributed by atoms with Crippen molar-refractivity contribution in [3.8, 4) is 5.75 Å². The van der Waals surface area contributed by atoms with E-state index in [4.69, 9.17) is 14.8 Å². The van der Waals surface area contributed by atoms with E-state index >= 15 is 0 Å². The van der Waals surface area contributed by atoms with Gasteiger partial charge in [0.1, 0.15) is 12.4 Å². The van der Waals surface area contributed by atoms with Crippen LogP contribution >= 0.6 is 0 Å². The van der Waals surface area contributed by atoms with Crippen molar-refractivity contribution in [2.24, 2.45) is 0 Å². The lowest BCUT2D eigenvalue weighted by Crippen LogP contribution is -2.29. The van der Waals surface area contributed by atoms with Crippen LogP contribution < -0.4 is 10.2 Å². The predicted molar refractivity (Wildman–Crippen MR) is 71.8 cm³/mol. The summed E-state index contributed by atoms with van der Waals surface area (Å²) in [7, 11) is -1.44. The summed E-state index contributed by atoms with van der Waals surface area (Å²) in [6.07, 6.45) is 0. The highest BCUT2D eigenvalue weighted by molar-refractivity contribution is 6.58. The Balaban J connectivity index is 2.01. The molecule has 0 atom stereocenters. The summed E-state index contributed by atoms with van der Waals surface area (Å²) >= 11 is 0. The predicted octanol–water partition coefficient (Wildman–Crippen LogP) is 1.25. The molecular weight excluding hydrogens is 227 g/mol. The minimum atomic E-state index is -1.44. The van der Waals surface area contributed by atoms with Gasteiger partial charge in [0.15, 0.2) is 0 Å². The highest BCUT2D eigenvalue weighted by atomic mass is 16.5. The first-order chi connectivity index (χ1) is 8.65. The van der Waals surface area contributed by atoms with Crippen molar-refractivity contribution in [3.05, 3.63) is 59.7 Å². The molecule has 0 aliphatic heterocycles. The third-order valence-corrected chi connectivity index (χ3v) is 2.68. The third kappa shape index (κ3) is 3.36. The summed E-state index contributed by atoms with van der Waals surface area (Å²) in [5, 5.41) is 18.2. The van der Waals surface area contributed by atoms with Crippen LogP contribution in [0.2, 0.25) is 0 Å². The van der Waals surface area contributed by atoms with E-state index in [2.05, 4.69) is 0 Å². The van der Waals surface area contributed by atoms with E-state index in [-0.39, 0.29) is 0 Å². The molecule has 0 aliphatic rings. The number of rotatable bonds is 4. The van der Waals surface area contributed by atoms with E-state index in [9.17, 15) is 0 Å². The fourth-order valence-corrected chi connectivity index (χ4v) is 1.64. The van der Waals surface area contributed by atoms with Gasteiger partial charge in [0, 0.05) is 0 Å². The summed E-state index contributed by atoms with van der Waals surface area (Å²) in [4.78, 5) is 0. The number of ether oxygens (including phenoxy) is 1. The van der Waals surface area contributed by atoms with Crippen molar-refractivity contribution in [1.82, 2.24) is 0 Å².